The van der Waals surface area contributed by atoms with Crippen LogP contribution < -0.4 is 20.4 Å². The summed E-state index contributed by atoms with van der Waals surface area (Å²) >= 11 is 0. The lowest BCUT2D eigenvalue weighted by Crippen LogP contribution is -2.48. The minimum Gasteiger partial charge on any atom is -0.378 e. The first-order valence-electron chi connectivity index (χ1n) is 17.3. The monoisotopic (exact) mass is 656 g/mol. The van der Waals surface area contributed by atoms with E-state index >= 15 is 0 Å². The summed E-state index contributed by atoms with van der Waals surface area (Å²) in [5.41, 5.74) is 2.71. The highest BCUT2D eigenvalue weighted by molar-refractivity contribution is 6.00. The largest absolute Gasteiger partial charge is 0.378 e. The molecule has 4 heterocycles. The van der Waals surface area contributed by atoms with Gasteiger partial charge in [-0.25, -0.2) is 4.79 Å². The van der Waals surface area contributed by atoms with Gasteiger partial charge in [0.2, 0.25) is 11.9 Å². The predicted octanol–water partition coefficient (Wildman–Crippen LogP) is 3.72. The predicted molar refractivity (Wildman–Crippen MR) is 189 cm³/mol. The molecule has 0 unspecified atom stereocenters. The van der Waals surface area contributed by atoms with E-state index in [9.17, 15) is 9.59 Å². The van der Waals surface area contributed by atoms with Crippen molar-refractivity contribution in [3.05, 3.63) is 54.1 Å². The van der Waals surface area contributed by atoms with Gasteiger partial charge in [0.1, 0.15) is 0 Å². The van der Waals surface area contributed by atoms with Crippen molar-refractivity contribution in [1.82, 2.24) is 29.7 Å². The zero-order chi connectivity index (χ0) is 33.3. The van der Waals surface area contributed by atoms with Crippen LogP contribution in [0.15, 0.2) is 48.5 Å². The van der Waals surface area contributed by atoms with Crippen LogP contribution in [0.5, 0.6) is 0 Å². The van der Waals surface area contributed by atoms with Gasteiger partial charge in [0, 0.05) is 81.4 Å². The number of piperazine rings is 1. The first-order chi connectivity index (χ1) is 23.5. The lowest BCUT2D eigenvalue weighted by molar-refractivity contribution is 0.0643. The Bertz CT molecular complexity index is 1510. The van der Waals surface area contributed by atoms with Crippen LogP contribution in [0.1, 0.15) is 37.0 Å². The third-order valence-electron chi connectivity index (χ3n) is 9.21. The number of amides is 3. The molecule has 13 nitrogen and oxygen atoms in total. The van der Waals surface area contributed by atoms with E-state index < -0.39 is 0 Å². The number of carbonyl (C=O) groups is 2. The molecule has 3 fully saturated rings. The highest BCUT2D eigenvalue weighted by atomic mass is 16.5. The number of rotatable bonds is 9. The number of likely N-dealkylation sites (N-methyl/N-ethyl adjacent to an activating group) is 1. The van der Waals surface area contributed by atoms with E-state index in [-0.39, 0.29) is 11.9 Å². The number of hydrogen-bond acceptors (Lipinski definition) is 10. The van der Waals surface area contributed by atoms with Gasteiger partial charge in [0.05, 0.1) is 13.2 Å². The Kier molecular flexibility index (Phi) is 11.3. The molecule has 256 valence electrons. The molecular formula is C35H48N10O3. The number of urea groups is 1. The van der Waals surface area contributed by atoms with Gasteiger partial charge < -0.3 is 39.9 Å². The Labute approximate surface area is 283 Å². The van der Waals surface area contributed by atoms with E-state index in [1.807, 2.05) is 29.2 Å². The molecule has 3 saturated heterocycles. The van der Waals surface area contributed by atoms with Crippen molar-refractivity contribution < 1.29 is 14.3 Å². The van der Waals surface area contributed by atoms with Crippen LogP contribution in [0, 0.1) is 0 Å². The van der Waals surface area contributed by atoms with Gasteiger partial charge >= 0.3 is 6.03 Å². The topological polar surface area (TPSA) is 122 Å². The van der Waals surface area contributed by atoms with Crippen LogP contribution in [0.2, 0.25) is 0 Å². The molecule has 3 aliphatic rings. The number of carbonyl (C=O) groups excluding carboxylic acids is 2. The minimum atomic E-state index is -0.368. The summed E-state index contributed by atoms with van der Waals surface area (Å²) in [6, 6.07) is 14.2. The number of nitrogens with one attached hydrogen (secondary N) is 2. The molecule has 0 aliphatic carbocycles. The van der Waals surface area contributed by atoms with Crippen LogP contribution in [0.25, 0.3) is 11.4 Å². The molecule has 0 atom stereocenters. The molecule has 0 saturated carbocycles. The molecule has 13 heteroatoms. The van der Waals surface area contributed by atoms with Gasteiger partial charge in [0.25, 0.3) is 5.91 Å². The quantitative estimate of drug-likeness (QED) is 0.353. The number of hydrogen-bond donors (Lipinski definition) is 2. The van der Waals surface area contributed by atoms with Crippen molar-refractivity contribution in [2.24, 2.45) is 0 Å². The summed E-state index contributed by atoms with van der Waals surface area (Å²) in [7, 11) is 0. The fourth-order valence-electron chi connectivity index (χ4n) is 6.38. The molecule has 0 bridgehead atoms. The normalized spacial score (nSPS) is 18.0. The van der Waals surface area contributed by atoms with Gasteiger partial charge in [-0.05, 0) is 81.0 Å². The number of nitrogens with zero attached hydrogens (tertiary/aromatic N) is 8. The van der Waals surface area contributed by atoms with Crippen molar-refractivity contribution in [2.45, 2.75) is 26.7 Å². The second-order valence-corrected chi connectivity index (χ2v) is 12.5. The lowest BCUT2D eigenvalue weighted by Gasteiger charge is -2.34. The summed E-state index contributed by atoms with van der Waals surface area (Å²) in [4.78, 5) is 51.7. The molecule has 6 rings (SSSR count). The number of ether oxygens (including phenoxy) is 1. The third-order valence-corrected chi connectivity index (χ3v) is 9.21. The maximum atomic E-state index is 12.9. The zero-order valence-corrected chi connectivity index (χ0v) is 28.2. The average molecular weight is 657 g/mol. The SMILES string of the molecule is CCCN1CCCN(c2nc(-c3ccc(NC(=O)Nc4ccc(C(=O)N5CCN(CC)CC5)cc4)cc3)nc(N3CCOCC3)n2)CC1. The summed E-state index contributed by atoms with van der Waals surface area (Å²) < 4.78 is 5.57. The summed E-state index contributed by atoms with van der Waals surface area (Å²) in [6.45, 7) is 16.3. The Morgan fingerprint density at radius 3 is 1.92 bits per heavy atom. The van der Waals surface area contributed by atoms with E-state index in [0.29, 0.717) is 47.9 Å². The highest BCUT2D eigenvalue weighted by Gasteiger charge is 2.23. The van der Waals surface area contributed by atoms with Gasteiger partial charge in [-0.3, -0.25) is 4.79 Å². The molecule has 3 aromatic rings. The van der Waals surface area contributed by atoms with Crippen molar-refractivity contribution >= 4 is 35.2 Å². The van der Waals surface area contributed by atoms with E-state index in [1.54, 1.807) is 24.3 Å². The second-order valence-electron chi connectivity index (χ2n) is 12.5. The van der Waals surface area contributed by atoms with Crippen LogP contribution in [-0.4, -0.2) is 133 Å². The first kappa shape index (κ1) is 33.6. The molecule has 48 heavy (non-hydrogen) atoms. The fraction of sp³-hybridized carbons (Fsp3) is 0.514. The molecule has 2 aromatic carbocycles. The van der Waals surface area contributed by atoms with E-state index in [0.717, 1.165) is 96.9 Å². The van der Waals surface area contributed by atoms with Crippen LogP contribution in [0.3, 0.4) is 0 Å². The van der Waals surface area contributed by atoms with Crippen LogP contribution >= 0.6 is 0 Å². The van der Waals surface area contributed by atoms with Gasteiger partial charge in [-0.2, -0.15) is 15.0 Å². The van der Waals surface area contributed by atoms with Gasteiger partial charge in [-0.1, -0.05) is 13.8 Å². The standard InChI is InChI=1S/C35H48N10O3/c1-3-14-42-15-5-16-44(22-19-42)33-38-31(39-34(40-33)45-23-25-48-26-24-45)27-6-10-29(11-7-27)36-35(47)37-30-12-8-28(9-13-30)32(46)43-20-17-41(4-2)18-21-43/h6-13H,3-5,14-26H2,1-2H3,(H2,36,37,47). The molecule has 3 amide bonds. The summed E-state index contributed by atoms with van der Waals surface area (Å²) in [6.07, 6.45) is 2.21. The maximum absolute atomic E-state index is 12.9. The van der Waals surface area contributed by atoms with Gasteiger partial charge in [0.15, 0.2) is 5.82 Å². The minimum absolute atomic E-state index is 0.0225. The molecule has 1 aromatic heterocycles. The van der Waals surface area contributed by atoms with E-state index in [2.05, 4.69) is 44.1 Å². The van der Waals surface area contributed by atoms with E-state index in [1.165, 1.54) is 0 Å². The molecule has 0 spiro atoms. The Morgan fingerprint density at radius 1 is 0.688 bits per heavy atom. The fourth-order valence-corrected chi connectivity index (χ4v) is 6.38. The van der Waals surface area contributed by atoms with Crippen LogP contribution in [-0.2, 0) is 4.74 Å². The Hall–Kier alpha value is -4.33. The second kappa shape index (κ2) is 16.2. The van der Waals surface area contributed by atoms with Crippen molar-refractivity contribution in [3.63, 3.8) is 0 Å². The maximum Gasteiger partial charge on any atom is 0.323 e. The number of benzene rings is 2. The van der Waals surface area contributed by atoms with Crippen molar-refractivity contribution in [2.75, 3.05) is 112 Å². The molecular weight excluding hydrogens is 608 g/mol. The summed E-state index contributed by atoms with van der Waals surface area (Å²) in [5, 5.41) is 5.76. The molecule has 0 radical (unpaired) electrons. The number of aromatic nitrogens is 3. The molecule has 3 aliphatic heterocycles. The smallest absolute Gasteiger partial charge is 0.323 e. The van der Waals surface area contributed by atoms with Gasteiger partial charge in [-0.15, -0.1) is 0 Å². The highest BCUT2D eigenvalue weighted by Crippen LogP contribution is 2.25. The molecule has 2 N–H and O–H groups in total. The van der Waals surface area contributed by atoms with Crippen LogP contribution in [0.4, 0.5) is 28.1 Å². The lowest BCUT2D eigenvalue weighted by atomic mass is 10.1. The first-order valence-corrected chi connectivity index (χ1v) is 17.3. The Balaban J connectivity index is 1.10. The van der Waals surface area contributed by atoms with E-state index in [4.69, 9.17) is 19.7 Å². The zero-order valence-electron chi connectivity index (χ0n) is 28.2. The number of anilines is 4. The Morgan fingerprint density at radius 2 is 1.29 bits per heavy atom. The van der Waals surface area contributed by atoms with Crippen molar-refractivity contribution in [3.8, 4) is 11.4 Å². The van der Waals surface area contributed by atoms with Crippen molar-refractivity contribution in [1.29, 1.82) is 0 Å². The third kappa shape index (κ3) is 8.57. The average Bonchev–Trinajstić information content (AvgIpc) is 3.38. The summed E-state index contributed by atoms with van der Waals surface area (Å²) in [5.74, 6) is 2.00. The number of morpholine rings is 1.